The first-order valence-corrected chi connectivity index (χ1v) is 10.6. The normalized spacial score (nSPS) is 12.5. The topological polar surface area (TPSA) is 66.5 Å². The predicted molar refractivity (Wildman–Crippen MR) is 106 cm³/mol. The molecule has 0 heterocycles. The molecule has 2 rings (SSSR count). The molecule has 0 fully saturated rings. The van der Waals surface area contributed by atoms with E-state index in [9.17, 15) is 13.2 Å². The Morgan fingerprint density at radius 2 is 1.69 bits per heavy atom. The van der Waals surface area contributed by atoms with Crippen molar-refractivity contribution in [2.75, 3.05) is 17.1 Å². The van der Waals surface area contributed by atoms with E-state index < -0.39 is 22.0 Å². The molecule has 8 heteroatoms. The van der Waals surface area contributed by atoms with Crippen molar-refractivity contribution in [2.45, 2.75) is 19.4 Å². The molecule has 2 aromatic rings. The van der Waals surface area contributed by atoms with Gasteiger partial charge in [0, 0.05) is 16.6 Å². The Hall–Kier alpha value is -1.76. The van der Waals surface area contributed by atoms with Gasteiger partial charge in [-0.1, -0.05) is 53.5 Å². The van der Waals surface area contributed by atoms with Gasteiger partial charge in [0.05, 0.1) is 11.9 Å². The lowest BCUT2D eigenvalue weighted by molar-refractivity contribution is -0.121. The summed E-state index contributed by atoms with van der Waals surface area (Å²) >= 11 is 11.9. The SMILES string of the molecule is C[C@H](C(=O)NCCc1ccccc1)N(c1cc(Cl)cc(Cl)c1)S(C)(=O)=O. The molecule has 2 aromatic carbocycles. The molecule has 1 amide bonds. The lowest BCUT2D eigenvalue weighted by atomic mass is 10.1. The molecule has 0 aliphatic carbocycles. The highest BCUT2D eigenvalue weighted by atomic mass is 35.5. The molecule has 0 spiro atoms. The highest BCUT2D eigenvalue weighted by Crippen LogP contribution is 2.28. The molecule has 0 aliphatic heterocycles. The van der Waals surface area contributed by atoms with Gasteiger partial charge in [-0.25, -0.2) is 8.42 Å². The maximum Gasteiger partial charge on any atom is 0.243 e. The number of amides is 1. The molecule has 0 bridgehead atoms. The smallest absolute Gasteiger partial charge is 0.243 e. The van der Waals surface area contributed by atoms with Gasteiger partial charge in [0.15, 0.2) is 0 Å². The van der Waals surface area contributed by atoms with Crippen LogP contribution in [0.3, 0.4) is 0 Å². The number of hydrogen-bond donors (Lipinski definition) is 1. The van der Waals surface area contributed by atoms with E-state index in [4.69, 9.17) is 23.2 Å². The van der Waals surface area contributed by atoms with Crippen LogP contribution >= 0.6 is 23.2 Å². The summed E-state index contributed by atoms with van der Waals surface area (Å²) in [7, 11) is -3.72. The highest BCUT2D eigenvalue weighted by molar-refractivity contribution is 7.92. The number of halogens is 2. The van der Waals surface area contributed by atoms with Crippen LogP contribution in [-0.4, -0.2) is 33.2 Å². The van der Waals surface area contributed by atoms with Gasteiger partial charge in [-0.15, -0.1) is 0 Å². The number of carbonyl (C=O) groups excluding carboxylic acids is 1. The van der Waals surface area contributed by atoms with Crippen LogP contribution in [0.15, 0.2) is 48.5 Å². The lowest BCUT2D eigenvalue weighted by Crippen LogP contribution is -2.48. The zero-order chi connectivity index (χ0) is 19.3. The third kappa shape index (κ3) is 5.62. The van der Waals surface area contributed by atoms with Gasteiger partial charge in [0.2, 0.25) is 15.9 Å². The fourth-order valence-electron chi connectivity index (χ4n) is 2.60. The van der Waals surface area contributed by atoms with E-state index in [2.05, 4.69) is 5.32 Å². The van der Waals surface area contributed by atoms with Crippen molar-refractivity contribution in [3.05, 3.63) is 64.1 Å². The number of anilines is 1. The van der Waals surface area contributed by atoms with E-state index in [-0.39, 0.29) is 15.7 Å². The van der Waals surface area contributed by atoms with Crippen molar-refractivity contribution in [3.8, 4) is 0 Å². The first-order valence-electron chi connectivity index (χ1n) is 7.95. The van der Waals surface area contributed by atoms with E-state index in [1.165, 1.54) is 25.1 Å². The summed E-state index contributed by atoms with van der Waals surface area (Å²) < 4.78 is 25.5. The van der Waals surface area contributed by atoms with E-state index in [0.717, 1.165) is 16.1 Å². The minimum absolute atomic E-state index is 0.246. The molecular formula is C18H20Cl2N2O3S. The van der Waals surface area contributed by atoms with Crippen LogP contribution in [0.25, 0.3) is 0 Å². The molecule has 0 unspecified atom stereocenters. The van der Waals surface area contributed by atoms with Gasteiger partial charge in [0.1, 0.15) is 6.04 Å². The van der Waals surface area contributed by atoms with E-state index in [0.29, 0.717) is 13.0 Å². The molecular weight excluding hydrogens is 395 g/mol. The Morgan fingerprint density at radius 3 is 2.23 bits per heavy atom. The average Bonchev–Trinajstić information content (AvgIpc) is 2.53. The number of hydrogen-bond acceptors (Lipinski definition) is 3. The number of benzene rings is 2. The van der Waals surface area contributed by atoms with Crippen molar-refractivity contribution in [2.24, 2.45) is 0 Å². The van der Waals surface area contributed by atoms with Crippen molar-refractivity contribution in [3.63, 3.8) is 0 Å². The summed E-state index contributed by atoms with van der Waals surface area (Å²) in [5.41, 5.74) is 1.33. The summed E-state index contributed by atoms with van der Waals surface area (Å²) in [6, 6.07) is 13.2. The fraction of sp³-hybridized carbons (Fsp3) is 0.278. The van der Waals surface area contributed by atoms with E-state index >= 15 is 0 Å². The van der Waals surface area contributed by atoms with Gasteiger partial charge in [0.25, 0.3) is 0 Å². The Morgan fingerprint density at radius 1 is 1.12 bits per heavy atom. The standard InChI is InChI=1S/C18H20Cl2N2O3S/c1-13(18(23)21-9-8-14-6-4-3-5-7-14)22(26(2,24)25)17-11-15(19)10-16(20)12-17/h3-7,10-13H,8-9H2,1-2H3,(H,21,23)/t13-/m1/s1. The Bertz CT molecular complexity index is 853. The molecule has 0 saturated heterocycles. The maximum absolute atomic E-state index is 12.5. The van der Waals surface area contributed by atoms with Crippen LogP contribution in [0.1, 0.15) is 12.5 Å². The van der Waals surface area contributed by atoms with Gasteiger partial charge in [-0.05, 0) is 37.1 Å². The van der Waals surface area contributed by atoms with E-state index in [1.807, 2.05) is 30.3 Å². The van der Waals surface area contributed by atoms with Crippen LogP contribution in [0, 0.1) is 0 Å². The molecule has 5 nitrogen and oxygen atoms in total. The molecule has 0 aliphatic rings. The third-order valence-corrected chi connectivity index (χ3v) is 5.42. The van der Waals surface area contributed by atoms with Crippen LogP contribution in [0.4, 0.5) is 5.69 Å². The largest absolute Gasteiger partial charge is 0.354 e. The Labute approximate surface area is 164 Å². The average molecular weight is 415 g/mol. The second kappa shape index (κ2) is 8.75. The van der Waals surface area contributed by atoms with Crippen LogP contribution in [-0.2, 0) is 21.2 Å². The second-order valence-corrected chi connectivity index (χ2v) is 8.62. The summed E-state index contributed by atoms with van der Waals surface area (Å²) in [5.74, 6) is -0.401. The highest BCUT2D eigenvalue weighted by Gasteiger charge is 2.29. The van der Waals surface area contributed by atoms with Gasteiger partial charge in [-0.2, -0.15) is 0 Å². The predicted octanol–water partition coefficient (Wildman–Crippen LogP) is 3.51. The molecule has 26 heavy (non-hydrogen) atoms. The zero-order valence-electron chi connectivity index (χ0n) is 14.4. The van der Waals surface area contributed by atoms with Gasteiger partial charge >= 0.3 is 0 Å². The minimum Gasteiger partial charge on any atom is -0.354 e. The van der Waals surface area contributed by atoms with Crippen LogP contribution in [0.5, 0.6) is 0 Å². The zero-order valence-corrected chi connectivity index (χ0v) is 16.8. The number of carbonyl (C=O) groups is 1. The molecule has 0 saturated carbocycles. The lowest BCUT2D eigenvalue weighted by Gasteiger charge is -2.28. The summed E-state index contributed by atoms with van der Waals surface area (Å²) in [4.78, 5) is 12.5. The van der Waals surface area contributed by atoms with Crippen LogP contribution < -0.4 is 9.62 Å². The first kappa shape index (κ1) is 20.6. The number of sulfonamides is 1. The fourth-order valence-corrected chi connectivity index (χ4v) is 4.27. The summed E-state index contributed by atoms with van der Waals surface area (Å²) in [6.07, 6.45) is 1.69. The first-order chi connectivity index (χ1) is 12.2. The Balaban J connectivity index is 2.13. The third-order valence-electron chi connectivity index (χ3n) is 3.75. The van der Waals surface area contributed by atoms with Crippen molar-refractivity contribution < 1.29 is 13.2 Å². The van der Waals surface area contributed by atoms with Gasteiger partial charge < -0.3 is 5.32 Å². The summed E-state index contributed by atoms with van der Waals surface area (Å²) in [5, 5.41) is 3.35. The van der Waals surface area contributed by atoms with E-state index in [1.54, 1.807) is 0 Å². The molecule has 1 N–H and O–H groups in total. The minimum atomic E-state index is -3.72. The van der Waals surface area contributed by atoms with Crippen LogP contribution in [0.2, 0.25) is 10.0 Å². The van der Waals surface area contributed by atoms with Gasteiger partial charge in [-0.3, -0.25) is 9.10 Å². The molecule has 1 atom stereocenters. The Kier molecular flexibility index (Phi) is 6.92. The number of rotatable bonds is 7. The molecule has 140 valence electrons. The van der Waals surface area contributed by atoms with Crippen molar-refractivity contribution in [1.29, 1.82) is 0 Å². The van der Waals surface area contributed by atoms with Crippen molar-refractivity contribution in [1.82, 2.24) is 5.32 Å². The van der Waals surface area contributed by atoms with Crippen molar-refractivity contribution >= 4 is 44.8 Å². The second-order valence-electron chi connectivity index (χ2n) is 5.89. The molecule has 0 aromatic heterocycles. The maximum atomic E-state index is 12.5. The quantitative estimate of drug-likeness (QED) is 0.753. The number of nitrogens with zero attached hydrogens (tertiary/aromatic N) is 1. The summed E-state index contributed by atoms with van der Waals surface area (Å²) in [6.45, 7) is 1.93. The monoisotopic (exact) mass is 414 g/mol. The molecule has 0 radical (unpaired) electrons. The number of nitrogens with one attached hydrogen (secondary N) is 1.